The Labute approximate surface area is 131 Å². The maximum absolute atomic E-state index is 12.0. The lowest BCUT2D eigenvalue weighted by Crippen LogP contribution is -2.46. The molecule has 0 unspecified atom stereocenters. The summed E-state index contributed by atoms with van der Waals surface area (Å²) in [5, 5.41) is 2.65. The van der Waals surface area contributed by atoms with Crippen LogP contribution in [0.3, 0.4) is 0 Å². The predicted octanol–water partition coefficient (Wildman–Crippen LogP) is 3.05. The van der Waals surface area contributed by atoms with Gasteiger partial charge in [0.15, 0.2) is 6.10 Å². The molecule has 23 heavy (non-hydrogen) atoms. The van der Waals surface area contributed by atoms with E-state index in [1.54, 1.807) is 20.8 Å². The highest BCUT2D eigenvalue weighted by atomic mass is 19.4. The summed E-state index contributed by atoms with van der Waals surface area (Å²) in [6, 6.07) is 4.23. The molecule has 0 fully saturated rings. The molecule has 1 rings (SSSR count). The molecular weight excluding hydrogens is 315 g/mol. The minimum absolute atomic E-state index is 0.00920. The van der Waals surface area contributed by atoms with Crippen LogP contribution in [-0.4, -0.2) is 29.9 Å². The van der Waals surface area contributed by atoms with Crippen molar-refractivity contribution < 1.29 is 32.2 Å². The second-order valence-electron chi connectivity index (χ2n) is 5.86. The zero-order valence-electron chi connectivity index (χ0n) is 13.2. The highest BCUT2D eigenvalue weighted by Gasteiger charge is 2.31. The van der Waals surface area contributed by atoms with Gasteiger partial charge in [-0.2, -0.15) is 0 Å². The second kappa shape index (κ2) is 6.89. The van der Waals surface area contributed by atoms with E-state index in [1.807, 2.05) is 0 Å². The first-order chi connectivity index (χ1) is 10.4. The second-order valence-corrected chi connectivity index (χ2v) is 5.86. The lowest BCUT2D eigenvalue weighted by Gasteiger charge is -2.23. The molecule has 0 aromatic heterocycles. The van der Waals surface area contributed by atoms with Crippen LogP contribution >= 0.6 is 0 Å². The summed E-state index contributed by atoms with van der Waals surface area (Å²) in [4.78, 5) is 23.7. The third-order valence-electron chi connectivity index (χ3n) is 2.47. The first-order valence-corrected chi connectivity index (χ1v) is 6.76. The maximum Gasteiger partial charge on any atom is 0.573 e. The standard InChI is InChI=1S/C15H18F3NO4/c1-9(12(20)19-14(2,3)4)22-13(21)10-5-7-11(8-6-10)23-15(16,17)18/h5-9H,1-4H3,(H,19,20)/t9-/m1/s1. The van der Waals surface area contributed by atoms with Crippen molar-refractivity contribution in [1.29, 1.82) is 0 Å². The zero-order chi connectivity index (χ0) is 17.8. The Balaban J connectivity index is 2.66. The van der Waals surface area contributed by atoms with E-state index in [9.17, 15) is 22.8 Å². The molecular formula is C15H18F3NO4. The van der Waals surface area contributed by atoms with Gasteiger partial charge < -0.3 is 14.8 Å². The average molecular weight is 333 g/mol. The molecule has 1 atom stereocenters. The highest BCUT2D eigenvalue weighted by molar-refractivity contribution is 5.92. The van der Waals surface area contributed by atoms with Gasteiger partial charge in [0.25, 0.3) is 5.91 Å². The summed E-state index contributed by atoms with van der Waals surface area (Å²) in [5.74, 6) is -1.74. The van der Waals surface area contributed by atoms with Crippen molar-refractivity contribution in [3.63, 3.8) is 0 Å². The number of ether oxygens (including phenoxy) is 2. The summed E-state index contributed by atoms with van der Waals surface area (Å²) < 4.78 is 44.8. The summed E-state index contributed by atoms with van der Waals surface area (Å²) in [7, 11) is 0. The lowest BCUT2D eigenvalue weighted by molar-refractivity contribution is -0.274. The molecule has 0 heterocycles. The third-order valence-corrected chi connectivity index (χ3v) is 2.47. The van der Waals surface area contributed by atoms with Gasteiger partial charge in [-0.1, -0.05) is 0 Å². The highest BCUT2D eigenvalue weighted by Crippen LogP contribution is 2.23. The topological polar surface area (TPSA) is 64.6 Å². The summed E-state index contributed by atoms with van der Waals surface area (Å²) in [5.41, 5.74) is -0.469. The maximum atomic E-state index is 12.0. The Morgan fingerprint density at radius 3 is 2.04 bits per heavy atom. The van der Waals surface area contributed by atoms with Crippen LogP contribution < -0.4 is 10.1 Å². The van der Waals surface area contributed by atoms with E-state index in [0.29, 0.717) is 0 Å². The Morgan fingerprint density at radius 1 is 1.09 bits per heavy atom. The van der Waals surface area contributed by atoms with E-state index in [0.717, 1.165) is 24.3 Å². The fraction of sp³-hybridized carbons (Fsp3) is 0.467. The van der Waals surface area contributed by atoms with Gasteiger partial charge in [0.05, 0.1) is 5.56 Å². The molecule has 0 aliphatic rings. The number of hydrogen-bond donors (Lipinski definition) is 1. The first-order valence-electron chi connectivity index (χ1n) is 6.76. The van der Waals surface area contributed by atoms with Crippen LogP contribution in [0.25, 0.3) is 0 Å². The smallest absolute Gasteiger partial charge is 0.449 e. The fourth-order valence-electron chi connectivity index (χ4n) is 1.55. The Kier molecular flexibility index (Phi) is 5.63. The van der Waals surface area contributed by atoms with Crippen LogP contribution in [0.1, 0.15) is 38.1 Å². The third kappa shape index (κ3) is 7.03. The summed E-state index contributed by atoms with van der Waals surface area (Å²) in [6.07, 6.45) is -5.84. The van der Waals surface area contributed by atoms with Crippen LogP contribution in [-0.2, 0) is 9.53 Å². The largest absolute Gasteiger partial charge is 0.573 e. The Morgan fingerprint density at radius 2 is 1.61 bits per heavy atom. The molecule has 5 nitrogen and oxygen atoms in total. The Bertz CT molecular complexity index is 562. The average Bonchev–Trinajstić information content (AvgIpc) is 2.35. The number of carbonyl (C=O) groups is 2. The van der Waals surface area contributed by atoms with Gasteiger partial charge in [0, 0.05) is 5.54 Å². The molecule has 1 aromatic rings. The number of halogens is 3. The van der Waals surface area contributed by atoms with Crippen molar-refractivity contribution in [2.45, 2.75) is 45.7 Å². The number of amides is 1. The molecule has 0 bridgehead atoms. The molecule has 0 aliphatic heterocycles. The van der Waals surface area contributed by atoms with Gasteiger partial charge in [-0.05, 0) is 52.0 Å². The molecule has 0 aliphatic carbocycles. The number of rotatable bonds is 4. The van der Waals surface area contributed by atoms with Crippen LogP contribution in [0.4, 0.5) is 13.2 Å². The molecule has 128 valence electrons. The molecule has 0 radical (unpaired) electrons. The number of benzene rings is 1. The number of nitrogens with one attached hydrogen (secondary N) is 1. The minimum atomic E-state index is -4.80. The molecule has 0 spiro atoms. The molecule has 1 aromatic carbocycles. The van der Waals surface area contributed by atoms with Crippen LogP contribution in [0.15, 0.2) is 24.3 Å². The normalized spacial score (nSPS) is 13.2. The van der Waals surface area contributed by atoms with Crippen molar-refractivity contribution in [2.24, 2.45) is 0 Å². The molecule has 1 amide bonds. The van der Waals surface area contributed by atoms with Crippen molar-refractivity contribution in [1.82, 2.24) is 5.32 Å². The van der Waals surface area contributed by atoms with Crippen LogP contribution in [0.2, 0.25) is 0 Å². The lowest BCUT2D eigenvalue weighted by atomic mass is 10.1. The van der Waals surface area contributed by atoms with Crippen molar-refractivity contribution in [3.8, 4) is 5.75 Å². The van der Waals surface area contributed by atoms with Gasteiger partial charge >= 0.3 is 12.3 Å². The van der Waals surface area contributed by atoms with Gasteiger partial charge in [-0.15, -0.1) is 13.2 Å². The number of carbonyl (C=O) groups excluding carboxylic acids is 2. The summed E-state index contributed by atoms with van der Waals surface area (Å²) in [6.45, 7) is 6.73. The van der Waals surface area contributed by atoms with Gasteiger partial charge in [0.2, 0.25) is 0 Å². The van der Waals surface area contributed by atoms with E-state index >= 15 is 0 Å². The molecule has 1 N–H and O–H groups in total. The van der Waals surface area contributed by atoms with E-state index in [1.165, 1.54) is 6.92 Å². The number of esters is 1. The van der Waals surface area contributed by atoms with E-state index < -0.39 is 35.6 Å². The van der Waals surface area contributed by atoms with Crippen LogP contribution in [0.5, 0.6) is 5.75 Å². The minimum Gasteiger partial charge on any atom is -0.449 e. The quantitative estimate of drug-likeness (QED) is 0.860. The van der Waals surface area contributed by atoms with Gasteiger partial charge in [0.1, 0.15) is 5.75 Å². The molecule has 0 saturated carbocycles. The SMILES string of the molecule is C[C@@H](OC(=O)c1ccc(OC(F)(F)F)cc1)C(=O)NC(C)(C)C. The molecule has 8 heteroatoms. The predicted molar refractivity (Wildman–Crippen MR) is 75.9 cm³/mol. The van der Waals surface area contributed by atoms with E-state index in [4.69, 9.17) is 4.74 Å². The Hall–Kier alpha value is -2.25. The molecule has 0 saturated heterocycles. The summed E-state index contributed by atoms with van der Waals surface area (Å²) >= 11 is 0. The zero-order valence-corrected chi connectivity index (χ0v) is 13.2. The number of hydrogen-bond acceptors (Lipinski definition) is 4. The number of alkyl halides is 3. The monoisotopic (exact) mass is 333 g/mol. The van der Waals surface area contributed by atoms with Gasteiger partial charge in [-0.3, -0.25) is 4.79 Å². The first kappa shape index (κ1) is 18.8. The van der Waals surface area contributed by atoms with Crippen LogP contribution in [0, 0.1) is 0 Å². The fourth-order valence-corrected chi connectivity index (χ4v) is 1.55. The van der Waals surface area contributed by atoms with E-state index in [2.05, 4.69) is 10.1 Å². The van der Waals surface area contributed by atoms with E-state index in [-0.39, 0.29) is 5.56 Å². The van der Waals surface area contributed by atoms with Crippen molar-refractivity contribution in [2.75, 3.05) is 0 Å². The van der Waals surface area contributed by atoms with Crippen molar-refractivity contribution >= 4 is 11.9 Å². The van der Waals surface area contributed by atoms with Crippen molar-refractivity contribution in [3.05, 3.63) is 29.8 Å². The van der Waals surface area contributed by atoms with Gasteiger partial charge in [-0.25, -0.2) is 4.79 Å².